The van der Waals surface area contributed by atoms with E-state index < -0.39 is 11.2 Å². The van der Waals surface area contributed by atoms with Crippen molar-refractivity contribution in [2.75, 3.05) is 25.7 Å². The predicted molar refractivity (Wildman–Crippen MR) is 145 cm³/mol. The first-order valence-electron chi connectivity index (χ1n) is 14.0. The van der Waals surface area contributed by atoms with E-state index in [2.05, 4.69) is 68.1 Å². The Morgan fingerprint density at radius 2 is 1.76 bits per heavy atom. The Labute approximate surface area is 221 Å². The van der Waals surface area contributed by atoms with Gasteiger partial charge in [-0.15, -0.1) is 0 Å². The van der Waals surface area contributed by atoms with E-state index in [4.69, 9.17) is 14.2 Å². The lowest BCUT2D eigenvalue weighted by Crippen LogP contribution is -2.83. The van der Waals surface area contributed by atoms with Crippen molar-refractivity contribution in [3.8, 4) is 11.5 Å². The lowest BCUT2D eigenvalue weighted by atomic mass is 9.33. The molecule has 0 aromatic heterocycles. The van der Waals surface area contributed by atoms with Gasteiger partial charge in [0.1, 0.15) is 11.7 Å². The highest BCUT2D eigenvalue weighted by atomic mass is 16.6. The van der Waals surface area contributed by atoms with Gasteiger partial charge < -0.3 is 24.2 Å². The lowest BCUT2D eigenvalue weighted by Gasteiger charge is -2.75. The zero-order chi connectivity index (χ0) is 26.0. The van der Waals surface area contributed by atoms with Crippen molar-refractivity contribution < 1.29 is 19.3 Å². The van der Waals surface area contributed by atoms with Gasteiger partial charge >= 0.3 is 0 Å². The second kappa shape index (κ2) is 7.24. The van der Waals surface area contributed by atoms with E-state index >= 15 is 0 Å². The fourth-order valence-electron chi connectivity index (χ4n) is 9.72. The maximum absolute atomic E-state index is 12.3. The molecule has 2 aromatic carbocycles. The van der Waals surface area contributed by atoms with Crippen LogP contribution in [0.25, 0.3) is 0 Å². The maximum atomic E-state index is 12.3. The number of anilines is 1. The summed E-state index contributed by atoms with van der Waals surface area (Å²) in [7, 11) is 3.60. The number of fused-ring (bicyclic) bond motifs is 2. The average molecular weight is 504 g/mol. The van der Waals surface area contributed by atoms with Gasteiger partial charge in [-0.25, -0.2) is 0 Å². The molecule has 4 fully saturated rings. The summed E-state index contributed by atoms with van der Waals surface area (Å²) in [6, 6.07) is 15.7. The molecule has 198 valence electrons. The first-order valence-corrected chi connectivity index (χ1v) is 14.0. The largest absolute Gasteiger partial charge is 0.493 e. The first kappa shape index (κ1) is 23.8. The van der Waals surface area contributed by atoms with Crippen molar-refractivity contribution in [1.29, 1.82) is 0 Å². The molecule has 1 N–H and O–H groups in total. The molecule has 4 aliphatic carbocycles. The summed E-state index contributed by atoms with van der Waals surface area (Å²) in [5.74, 6) is 1.71. The van der Waals surface area contributed by atoms with Crippen LogP contribution in [0.3, 0.4) is 0 Å². The zero-order valence-corrected chi connectivity index (χ0v) is 23.1. The van der Waals surface area contributed by atoms with Crippen LogP contribution in [0.2, 0.25) is 0 Å². The number of hydrogen-bond acceptors (Lipinski definition) is 5. The molecule has 2 heterocycles. The van der Waals surface area contributed by atoms with Crippen LogP contribution < -0.4 is 14.4 Å². The van der Waals surface area contributed by atoms with E-state index in [1.54, 1.807) is 7.11 Å². The van der Waals surface area contributed by atoms with Crippen LogP contribution in [0.15, 0.2) is 42.5 Å². The first-order chi connectivity index (χ1) is 17.6. The summed E-state index contributed by atoms with van der Waals surface area (Å²) in [6.07, 6.45) is 4.79. The fourth-order valence-corrected chi connectivity index (χ4v) is 9.72. The number of nitrogens with zero attached hydrogens (tertiary/aromatic N) is 1. The third-order valence-electron chi connectivity index (χ3n) is 11.8. The molecule has 0 radical (unpaired) electrons. The van der Waals surface area contributed by atoms with Gasteiger partial charge in [0.2, 0.25) is 0 Å². The van der Waals surface area contributed by atoms with E-state index in [0.29, 0.717) is 6.04 Å². The van der Waals surface area contributed by atoms with E-state index in [0.717, 1.165) is 50.1 Å². The van der Waals surface area contributed by atoms with Crippen LogP contribution in [-0.4, -0.2) is 49.2 Å². The van der Waals surface area contributed by atoms with Gasteiger partial charge in [0.05, 0.1) is 12.7 Å². The molecule has 6 aliphatic rings. The molecule has 1 saturated heterocycles. The molecule has 5 nitrogen and oxygen atoms in total. The summed E-state index contributed by atoms with van der Waals surface area (Å²) in [5, 5.41) is 12.3. The lowest BCUT2D eigenvalue weighted by molar-refractivity contribution is -0.301. The summed E-state index contributed by atoms with van der Waals surface area (Å²) >= 11 is 0. The highest BCUT2D eigenvalue weighted by Crippen LogP contribution is 2.78. The standard InChI is InChI=1S/C32H41NO4/c1-28(2,3)29(4,34)23-19-30-14-15-32(23,36-6)27-31(30)16-17-33(21-10-8-7-9-11-21)24(30)18-20-12-13-22(35-5)26(37-27)25(20)31/h7-13,23-24,27,34H,14-19H2,1-6H3/t23-,24?,27?,29+,30-,31+,32-/m1/s1. The second-order valence-corrected chi connectivity index (χ2v) is 13.6. The van der Waals surface area contributed by atoms with E-state index in [-0.39, 0.29) is 28.3 Å². The average Bonchev–Trinajstić information content (AvgIpc) is 3.25. The molecule has 2 aromatic rings. The maximum Gasteiger partial charge on any atom is 0.165 e. The minimum absolute atomic E-state index is 0.0173. The third-order valence-corrected chi connectivity index (χ3v) is 11.8. The van der Waals surface area contributed by atoms with Crippen LogP contribution in [0.4, 0.5) is 5.69 Å². The van der Waals surface area contributed by atoms with Gasteiger partial charge in [0.25, 0.3) is 0 Å². The van der Waals surface area contributed by atoms with E-state index in [9.17, 15) is 5.11 Å². The number of methoxy groups -OCH3 is 2. The van der Waals surface area contributed by atoms with Crippen LogP contribution in [-0.2, 0) is 16.6 Å². The predicted octanol–water partition coefficient (Wildman–Crippen LogP) is 5.51. The molecule has 2 aliphatic heterocycles. The van der Waals surface area contributed by atoms with E-state index in [1.165, 1.54) is 16.8 Å². The van der Waals surface area contributed by atoms with Gasteiger partial charge in [-0.2, -0.15) is 0 Å². The number of aliphatic hydroxyl groups is 1. The van der Waals surface area contributed by atoms with Crippen LogP contribution in [0, 0.1) is 16.7 Å². The Bertz CT molecular complexity index is 1250. The highest BCUT2D eigenvalue weighted by Gasteiger charge is 2.82. The van der Waals surface area contributed by atoms with Gasteiger partial charge in [-0.05, 0) is 68.2 Å². The number of benzene rings is 2. The van der Waals surface area contributed by atoms with Crippen LogP contribution in [0.1, 0.15) is 64.5 Å². The molecular weight excluding hydrogens is 462 g/mol. The highest BCUT2D eigenvalue weighted by molar-refractivity contribution is 5.66. The van der Waals surface area contributed by atoms with Gasteiger partial charge in [0.15, 0.2) is 11.5 Å². The molecule has 5 heteroatoms. The molecule has 4 bridgehead atoms. The summed E-state index contributed by atoms with van der Waals surface area (Å²) < 4.78 is 19.6. The second-order valence-electron chi connectivity index (χ2n) is 13.6. The molecule has 2 unspecified atom stereocenters. The normalized spacial score (nSPS) is 38.6. The Kier molecular flexibility index (Phi) is 4.66. The molecule has 8 rings (SSSR count). The van der Waals surface area contributed by atoms with Gasteiger partial charge in [-0.3, -0.25) is 0 Å². The van der Waals surface area contributed by atoms with Crippen molar-refractivity contribution in [1.82, 2.24) is 0 Å². The Morgan fingerprint density at radius 1 is 1.00 bits per heavy atom. The third kappa shape index (κ3) is 2.54. The Balaban J connectivity index is 1.51. The van der Waals surface area contributed by atoms with Crippen LogP contribution >= 0.6 is 0 Å². The minimum Gasteiger partial charge on any atom is -0.493 e. The molecule has 0 amide bonds. The molecular formula is C32H41NO4. The van der Waals surface area contributed by atoms with Crippen molar-refractivity contribution in [2.45, 2.75) is 88.6 Å². The zero-order valence-electron chi connectivity index (χ0n) is 23.1. The van der Waals surface area contributed by atoms with Crippen molar-refractivity contribution in [3.05, 3.63) is 53.6 Å². The fraction of sp³-hybridized carbons (Fsp3) is 0.625. The van der Waals surface area contributed by atoms with Crippen molar-refractivity contribution in [2.24, 2.45) is 16.7 Å². The smallest absolute Gasteiger partial charge is 0.165 e. The minimum atomic E-state index is -0.924. The summed E-state index contributed by atoms with van der Waals surface area (Å²) in [4.78, 5) is 2.68. The number of para-hydroxylation sites is 1. The van der Waals surface area contributed by atoms with Crippen molar-refractivity contribution >= 4 is 5.69 Å². The van der Waals surface area contributed by atoms with Gasteiger partial charge in [0, 0.05) is 47.7 Å². The van der Waals surface area contributed by atoms with Gasteiger partial charge in [-0.1, -0.05) is 45.0 Å². The molecule has 3 saturated carbocycles. The Morgan fingerprint density at radius 3 is 2.43 bits per heavy atom. The molecule has 7 atom stereocenters. The number of ether oxygens (including phenoxy) is 3. The number of rotatable bonds is 4. The molecule has 2 spiro atoms. The number of piperidine rings is 1. The quantitative estimate of drug-likeness (QED) is 0.596. The number of hydrogen-bond donors (Lipinski definition) is 1. The topological polar surface area (TPSA) is 51.2 Å². The van der Waals surface area contributed by atoms with E-state index in [1.807, 2.05) is 14.0 Å². The summed E-state index contributed by atoms with van der Waals surface area (Å²) in [5.41, 5.74) is 2.14. The van der Waals surface area contributed by atoms with Crippen LogP contribution in [0.5, 0.6) is 11.5 Å². The monoisotopic (exact) mass is 503 g/mol. The Hall–Kier alpha value is -2.24. The summed E-state index contributed by atoms with van der Waals surface area (Å²) in [6.45, 7) is 9.52. The van der Waals surface area contributed by atoms with Crippen molar-refractivity contribution in [3.63, 3.8) is 0 Å². The molecule has 37 heavy (non-hydrogen) atoms. The SMILES string of the molecule is COc1ccc2c3c1OC1[C@@]4(OC)CC[C@@]5(C[C@@H]4[C@](C)(O)C(C)(C)C)C(C2)N(c2ccccc2)CC[C@]315.